The van der Waals surface area contributed by atoms with E-state index in [1.54, 1.807) is 7.11 Å². The first-order chi connectivity index (χ1) is 12.9. The minimum atomic E-state index is -0.549. The van der Waals surface area contributed by atoms with Gasteiger partial charge in [-0.05, 0) is 52.1 Å². The Labute approximate surface area is 162 Å². The molecule has 1 N–H and O–H groups in total. The summed E-state index contributed by atoms with van der Waals surface area (Å²) in [6, 6.07) is 0.0441. The van der Waals surface area contributed by atoms with Crippen LogP contribution in [0.2, 0.25) is 0 Å². The Morgan fingerprint density at radius 2 is 2.04 bits per heavy atom. The summed E-state index contributed by atoms with van der Waals surface area (Å²) in [7, 11) is 1.70. The van der Waals surface area contributed by atoms with Crippen LogP contribution in [0.4, 0.5) is 4.79 Å². The molecule has 0 aromatic heterocycles. The van der Waals surface area contributed by atoms with E-state index in [0.717, 1.165) is 26.1 Å². The van der Waals surface area contributed by atoms with Crippen molar-refractivity contribution in [2.75, 3.05) is 26.7 Å². The van der Waals surface area contributed by atoms with Crippen LogP contribution in [0.15, 0.2) is 0 Å². The van der Waals surface area contributed by atoms with Crippen molar-refractivity contribution >= 4 is 6.09 Å². The maximum Gasteiger partial charge on any atom is 0.407 e. The fourth-order valence-electron chi connectivity index (χ4n) is 5.65. The third kappa shape index (κ3) is 3.37. The molecule has 6 unspecified atom stereocenters. The molecule has 1 amide bonds. The number of hydrogen-bond acceptors (Lipinski definition) is 6. The number of nitrogens with zero attached hydrogens (tertiary/aromatic N) is 1. The molecule has 154 valence electrons. The standard InChI is InChI=1S/C20H34N2O5/c1-12(2)21-19(23)25-15-10-14-13(3)17-26-18(24-4)16(14)20(15,27-17)11-22-8-6-5-7-9-22/h12-18H,5-11H2,1-4H3,(H,21,23)/t13?,14?,15-,16?,17?,18?,20?/m0/s1. The molecule has 7 nitrogen and oxygen atoms in total. The molecule has 1 aliphatic carbocycles. The number of nitrogens with one attached hydrogen (secondary N) is 1. The molecule has 4 saturated heterocycles. The van der Waals surface area contributed by atoms with Crippen LogP contribution in [0.3, 0.4) is 0 Å². The fraction of sp³-hybridized carbons (Fsp3) is 0.950. The van der Waals surface area contributed by atoms with Gasteiger partial charge in [0.15, 0.2) is 12.6 Å². The summed E-state index contributed by atoms with van der Waals surface area (Å²) in [6.45, 7) is 8.98. The number of fused-ring (bicyclic) bond motifs is 1. The lowest BCUT2D eigenvalue weighted by molar-refractivity contribution is -0.410. The Morgan fingerprint density at radius 3 is 2.70 bits per heavy atom. The SMILES string of the molecule is COC1OC2OC3(CN4CCCCC4)C1C(C[C@@H]3OC(=O)NC(C)C)C2C. The van der Waals surface area contributed by atoms with Gasteiger partial charge in [0.05, 0.1) is 0 Å². The van der Waals surface area contributed by atoms with Crippen LogP contribution in [0.25, 0.3) is 0 Å². The van der Waals surface area contributed by atoms with Crippen LogP contribution in [0, 0.1) is 17.8 Å². The van der Waals surface area contributed by atoms with E-state index in [1.807, 2.05) is 13.8 Å². The molecule has 5 fully saturated rings. The van der Waals surface area contributed by atoms with Crippen molar-refractivity contribution in [1.29, 1.82) is 0 Å². The van der Waals surface area contributed by atoms with Crippen molar-refractivity contribution < 1.29 is 23.7 Å². The van der Waals surface area contributed by atoms with Gasteiger partial charge in [0.2, 0.25) is 0 Å². The van der Waals surface area contributed by atoms with Gasteiger partial charge in [0, 0.05) is 31.5 Å². The van der Waals surface area contributed by atoms with Crippen molar-refractivity contribution in [1.82, 2.24) is 10.2 Å². The third-order valence-electron chi connectivity index (χ3n) is 6.87. The van der Waals surface area contributed by atoms with Crippen molar-refractivity contribution in [3.8, 4) is 0 Å². The lowest BCUT2D eigenvalue weighted by atomic mass is 9.73. The first-order valence-electron chi connectivity index (χ1n) is 10.5. The molecule has 5 aliphatic rings. The first kappa shape index (κ1) is 19.4. The molecular weight excluding hydrogens is 348 g/mol. The zero-order valence-electron chi connectivity index (χ0n) is 17.0. The Kier molecular flexibility index (Phi) is 5.40. The van der Waals surface area contributed by atoms with Crippen LogP contribution in [-0.4, -0.2) is 68.1 Å². The molecule has 4 bridgehead atoms. The third-order valence-corrected chi connectivity index (χ3v) is 6.87. The van der Waals surface area contributed by atoms with Crippen molar-refractivity contribution in [3.05, 3.63) is 0 Å². The van der Waals surface area contributed by atoms with Gasteiger partial charge in [-0.15, -0.1) is 0 Å². The van der Waals surface area contributed by atoms with E-state index in [-0.39, 0.29) is 42.7 Å². The number of carbonyl (C=O) groups excluding carboxylic acids is 1. The quantitative estimate of drug-likeness (QED) is 0.787. The van der Waals surface area contributed by atoms with Gasteiger partial charge in [-0.25, -0.2) is 4.79 Å². The van der Waals surface area contributed by atoms with E-state index in [4.69, 9.17) is 18.9 Å². The molecule has 27 heavy (non-hydrogen) atoms. The van der Waals surface area contributed by atoms with Gasteiger partial charge < -0.3 is 29.2 Å². The van der Waals surface area contributed by atoms with Gasteiger partial charge in [0.25, 0.3) is 0 Å². The van der Waals surface area contributed by atoms with Gasteiger partial charge >= 0.3 is 6.09 Å². The number of hydrogen-bond donors (Lipinski definition) is 1. The smallest absolute Gasteiger partial charge is 0.407 e. The molecule has 4 heterocycles. The maximum absolute atomic E-state index is 12.4. The number of likely N-dealkylation sites (tertiary alicyclic amines) is 1. The molecule has 7 heteroatoms. The van der Waals surface area contributed by atoms with E-state index >= 15 is 0 Å². The van der Waals surface area contributed by atoms with E-state index in [1.165, 1.54) is 19.3 Å². The van der Waals surface area contributed by atoms with Gasteiger partial charge in [-0.1, -0.05) is 13.3 Å². The predicted octanol–water partition coefficient (Wildman–Crippen LogP) is 2.35. The van der Waals surface area contributed by atoms with E-state index < -0.39 is 5.60 Å². The van der Waals surface area contributed by atoms with Crippen molar-refractivity contribution in [2.24, 2.45) is 17.8 Å². The largest absolute Gasteiger partial charge is 0.443 e. The summed E-state index contributed by atoms with van der Waals surface area (Å²) in [5, 5.41) is 2.86. The minimum absolute atomic E-state index is 0.0441. The Hall–Kier alpha value is -0.890. The summed E-state index contributed by atoms with van der Waals surface area (Å²) < 4.78 is 24.3. The second-order valence-electron chi connectivity index (χ2n) is 9.00. The normalized spacial score (nSPS) is 43.9. The molecule has 0 aromatic carbocycles. The number of carbonyl (C=O) groups is 1. The van der Waals surface area contributed by atoms with Crippen LogP contribution >= 0.6 is 0 Å². The highest BCUT2D eigenvalue weighted by Gasteiger charge is 2.70. The van der Waals surface area contributed by atoms with Crippen LogP contribution in [0.1, 0.15) is 46.5 Å². The first-order valence-corrected chi connectivity index (χ1v) is 10.5. The number of piperidine rings is 1. The number of amides is 1. The summed E-state index contributed by atoms with van der Waals surface area (Å²) in [5.41, 5.74) is -0.549. The van der Waals surface area contributed by atoms with Crippen LogP contribution in [-0.2, 0) is 18.9 Å². The van der Waals surface area contributed by atoms with E-state index in [9.17, 15) is 4.79 Å². The number of alkyl carbamates (subject to hydrolysis) is 1. The maximum atomic E-state index is 12.4. The van der Waals surface area contributed by atoms with Crippen LogP contribution < -0.4 is 5.32 Å². The predicted molar refractivity (Wildman–Crippen MR) is 99.1 cm³/mol. The van der Waals surface area contributed by atoms with E-state index in [0.29, 0.717) is 5.92 Å². The summed E-state index contributed by atoms with van der Waals surface area (Å²) in [6.07, 6.45) is 3.31. The lowest BCUT2D eigenvalue weighted by Crippen LogP contribution is -2.68. The Morgan fingerprint density at radius 1 is 1.30 bits per heavy atom. The molecule has 7 atom stereocenters. The average molecular weight is 383 g/mol. The fourth-order valence-corrected chi connectivity index (χ4v) is 5.65. The second-order valence-corrected chi connectivity index (χ2v) is 9.00. The average Bonchev–Trinajstić information content (AvgIpc) is 2.89. The van der Waals surface area contributed by atoms with E-state index in [2.05, 4.69) is 17.1 Å². The Balaban J connectivity index is 1.61. The lowest BCUT2D eigenvalue weighted by Gasteiger charge is -2.56. The molecule has 1 saturated carbocycles. The van der Waals surface area contributed by atoms with Gasteiger partial charge in [-0.3, -0.25) is 0 Å². The molecule has 0 radical (unpaired) electrons. The minimum Gasteiger partial charge on any atom is -0.443 e. The summed E-state index contributed by atoms with van der Waals surface area (Å²) in [4.78, 5) is 14.9. The zero-order valence-corrected chi connectivity index (χ0v) is 17.0. The highest BCUT2D eigenvalue weighted by Crippen LogP contribution is 2.59. The summed E-state index contributed by atoms with van der Waals surface area (Å²) >= 11 is 0. The zero-order chi connectivity index (χ0) is 19.2. The molecular formula is C20H34N2O5. The Bertz CT molecular complexity index is 552. The molecule has 5 rings (SSSR count). The number of ether oxygens (including phenoxy) is 4. The molecule has 0 aromatic rings. The number of rotatable bonds is 5. The highest BCUT2D eigenvalue weighted by molar-refractivity contribution is 5.67. The number of methoxy groups -OCH3 is 1. The molecule has 0 spiro atoms. The van der Waals surface area contributed by atoms with Crippen LogP contribution in [0.5, 0.6) is 0 Å². The second kappa shape index (κ2) is 7.50. The monoisotopic (exact) mass is 382 g/mol. The summed E-state index contributed by atoms with van der Waals surface area (Å²) in [5.74, 6) is 0.739. The van der Waals surface area contributed by atoms with Gasteiger partial charge in [-0.2, -0.15) is 0 Å². The molecule has 4 aliphatic heterocycles. The van der Waals surface area contributed by atoms with Crippen molar-refractivity contribution in [3.63, 3.8) is 0 Å². The highest BCUT2D eigenvalue weighted by atomic mass is 16.8. The van der Waals surface area contributed by atoms with Crippen molar-refractivity contribution in [2.45, 2.75) is 76.8 Å². The van der Waals surface area contributed by atoms with Gasteiger partial charge in [0.1, 0.15) is 11.7 Å². The topological polar surface area (TPSA) is 69.3 Å².